The molecule has 1 rings (SSSR count). The average Bonchev–Trinajstić information content (AvgIpc) is 1.80. The lowest BCUT2D eigenvalue weighted by Crippen LogP contribution is -1.76. The maximum absolute atomic E-state index is 5.01. The fraction of sp³-hybridized carbons (Fsp3) is 0.250. The van der Waals surface area contributed by atoms with Crippen LogP contribution in [0.2, 0.25) is 0 Å². The molecular formula is C8H12F3S. The molecule has 0 aromatic heterocycles. The van der Waals surface area contributed by atoms with Crippen molar-refractivity contribution < 1.29 is 14.1 Å². The van der Waals surface area contributed by atoms with Crippen LogP contribution < -0.4 is 0 Å². The Bertz CT molecular complexity index is 226. The standard InChI is InChI=1S/C8H9S.3FH/c1-6-3-4-8(9)7(2)5-6;;;/h3-5H,1-2H3;3*1H. The molecule has 4 heteroatoms. The van der Waals surface area contributed by atoms with E-state index in [0.29, 0.717) is 0 Å². The third-order valence-corrected chi connectivity index (χ3v) is 1.79. The van der Waals surface area contributed by atoms with E-state index >= 15 is 0 Å². The van der Waals surface area contributed by atoms with Crippen LogP contribution in [0.4, 0.5) is 14.1 Å². The molecule has 1 radical (unpaired) electrons. The second kappa shape index (κ2) is 6.91. The van der Waals surface area contributed by atoms with Crippen LogP contribution in [0.15, 0.2) is 23.1 Å². The second-order valence-electron chi connectivity index (χ2n) is 2.27. The van der Waals surface area contributed by atoms with E-state index in [4.69, 9.17) is 12.6 Å². The van der Waals surface area contributed by atoms with Crippen LogP contribution >= 0.6 is 12.6 Å². The van der Waals surface area contributed by atoms with Crippen LogP contribution in [0.25, 0.3) is 0 Å². The van der Waals surface area contributed by atoms with Crippen molar-refractivity contribution in [1.29, 1.82) is 0 Å². The maximum Gasteiger partial charge on any atom is 0.0406 e. The Labute approximate surface area is 75.5 Å². The van der Waals surface area contributed by atoms with Gasteiger partial charge in [0.2, 0.25) is 0 Å². The normalized spacial score (nSPS) is 7.17. The lowest BCUT2D eigenvalue weighted by atomic mass is 10.2. The van der Waals surface area contributed by atoms with E-state index in [1.165, 1.54) is 11.1 Å². The first kappa shape index (κ1) is 17.4. The molecule has 0 fully saturated rings. The Kier molecular flexibility index (Phi) is 9.99. The van der Waals surface area contributed by atoms with E-state index in [1.807, 2.05) is 19.1 Å². The zero-order chi connectivity index (χ0) is 6.85. The topological polar surface area (TPSA) is 0 Å². The first-order chi connectivity index (χ1) is 4.20. The summed E-state index contributed by atoms with van der Waals surface area (Å²) in [6, 6.07) is 6.11. The Hall–Kier alpha value is -0.770. The molecule has 0 spiro atoms. The number of aryl methyl sites for hydroxylation is 2. The summed E-state index contributed by atoms with van der Waals surface area (Å²) >= 11 is 5.01. The number of benzene rings is 1. The quantitative estimate of drug-likeness (QED) is 0.598. The average molecular weight is 197 g/mol. The van der Waals surface area contributed by atoms with Gasteiger partial charge in [-0.1, -0.05) is 30.3 Å². The monoisotopic (exact) mass is 197 g/mol. The third-order valence-electron chi connectivity index (χ3n) is 1.33. The first-order valence-corrected chi connectivity index (χ1v) is 3.35. The van der Waals surface area contributed by atoms with Gasteiger partial charge in [0, 0.05) is 4.90 Å². The van der Waals surface area contributed by atoms with Crippen molar-refractivity contribution in [1.82, 2.24) is 0 Å². The summed E-state index contributed by atoms with van der Waals surface area (Å²) in [5.41, 5.74) is 2.48. The Morgan fingerprint density at radius 1 is 1.00 bits per heavy atom. The van der Waals surface area contributed by atoms with Gasteiger partial charge in [-0.3, -0.25) is 14.1 Å². The van der Waals surface area contributed by atoms with Crippen LogP contribution in [0.5, 0.6) is 0 Å². The van der Waals surface area contributed by atoms with Crippen molar-refractivity contribution in [2.75, 3.05) is 0 Å². The van der Waals surface area contributed by atoms with Gasteiger partial charge in [-0.2, -0.15) is 0 Å². The van der Waals surface area contributed by atoms with Crippen molar-refractivity contribution in [3.8, 4) is 0 Å². The van der Waals surface area contributed by atoms with Crippen LogP contribution in [-0.2, 0) is 0 Å². The molecule has 0 heterocycles. The highest BCUT2D eigenvalue weighted by Crippen LogP contribution is 2.13. The summed E-state index contributed by atoms with van der Waals surface area (Å²) in [4.78, 5) is 0.959. The largest absolute Gasteiger partial charge is 0.269 e. The van der Waals surface area contributed by atoms with Gasteiger partial charge in [0.25, 0.3) is 0 Å². The summed E-state index contributed by atoms with van der Waals surface area (Å²) in [5, 5.41) is 0. The molecular weight excluding hydrogens is 185 g/mol. The Morgan fingerprint density at radius 3 is 1.83 bits per heavy atom. The lowest BCUT2D eigenvalue weighted by Gasteiger charge is -1.96. The summed E-state index contributed by atoms with van der Waals surface area (Å²) in [6.07, 6.45) is 0. The summed E-state index contributed by atoms with van der Waals surface area (Å²) in [5.74, 6) is 0. The van der Waals surface area contributed by atoms with Gasteiger partial charge >= 0.3 is 0 Å². The first-order valence-electron chi connectivity index (χ1n) is 2.94. The fourth-order valence-electron chi connectivity index (χ4n) is 0.799. The van der Waals surface area contributed by atoms with E-state index in [9.17, 15) is 0 Å². The van der Waals surface area contributed by atoms with Crippen molar-refractivity contribution in [2.24, 2.45) is 0 Å². The fourth-order valence-corrected chi connectivity index (χ4v) is 0.926. The van der Waals surface area contributed by atoms with Gasteiger partial charge in [0.1, 0.15) is 0 Å². The maximum atomic E-state index is 5.01. The molecule has 0 aliphatic rings. The molecule has 0 atom stereocenters. The van der Waals surface area contributed by atoms with Gasteiger partial charge in [-0.25, -0.2) is 0 Å². The Morgan fingerprint density at radius 2 is 1.50 bits per heavy atom. The zero-order valence-corrected chi connectivity index (χ0v) is 7.68. The van der Waals surface area contributed by atoms with Gasteiger partial charge in [0.15, 0.2) is 0 Å². The van der Waals surface area contributed by atoms with Crippen LogP contribution in [0, 0.1) is 13.8 Å². The second-order valence-corrected chi connectivity index (χ2v) is 2.71. The molecule has 71 valence electrons. The predicted octanol–water partition coefficient (Wildman–Crippen LogP) is 3.32. The number of rotatable bonds is 0. The highest BCUT2D eigenvalue weighted by molar-refractivity contribution is 7.80. The highest BCUT2D eigenvalue weighted by atomic mass is 32.1. The molecule has 0 amide bonds. The minimum atomic E-state index is 0. The molecule has 0 saturated carbocycles. The molecule has 0 saturated heterocycles. The van der Waals surface area contributed by atoms with Gasteiger partial charge in [-0.15, -0.1) is 0 Å². The van der Waals surface area contributed by atoms with E-state index in [0.717, 1.165) is 4.90 Å². The molecule has 12 heavy (non-hydrogen) atoms. The lowest BCUT2D eigenvalue weighted by molar-refractivity contribution is 1.11. The van der Waals surface area contributed by atoms with Gasteiger partial charge in [0.05, 0.1) is 0 Å². The minimum absolute atomic E-state index is 0. The molecule has 1 aromatic carbocycles. The van der Waals surface area contributed by atoms with Crippen molar-refractivity contribution in [3.63, 3.8) is 0 Å². The zero-order valence-electron chi connectivity index (χ0n) is 6.87. The van der Waals surface area contributed by atoms with Crippen LogP contribution in [0.3, 0.4) is 0 Å². The van der Waals surface area contributed by atoms with Crippen molar-refractivity contribution >= 4 is 12.6 Å². The number of halogens is 3. The molecule has 0 nitrogen and oxygen atoms in total. The summed E-state index contributed by atoms with van der Waals surface area (Å²) in [7, 11) is 0. The molecule has 0 bridgehead atoms. The van der Waals surface area contributed by atoms with Crippen LogP contribution in [-0.4, -0.2) is 0 Å². The van der Waals surface area contributed by atoms with E-state index in [2.05, 4.69) is 13.0 Å². The summed E-state index contributed by atoms with van der Waals surface area (Å²) < 4.78 is 0. The van der Waals surface area contributed by atoms with E-state index < -0.39 is 0 Å². The molecule has 0 aliphatic heterocycles. The van der Waals surface area contributed by atoms with Gasteiger partial charge in [-0.05, 0) is 25.5 Å². The SMILES string of the molecule is Cc1ccc([S])c(C)c1.F.F.F. The van der Waals surface area contributed by atoms with E-state index in [1.54, 1.807) is 0 Å². The van der Waals surface area contributed by atoms with Crippen LogP contribution in [0.1, 0.15) is 11.1 Å². The number of hydrogen-bond donors (Lipinski definition) is 0. The predicted molar refractivity (Wildman–Crippen MR) is 49.3 cm³/mol. The summed E-state index contributed by atoms with van der Waals surface area (Å²) in [6.45, 7) is 4.11. The minimum Gasteiger partial charge on any atom is -0.269 e. The van der Waals surface area contributed by atoms with Crippen molar-refractivity contribution in [2.45, 2.75) is 18.7 Å². The third kappa shape index (κ3) is 4.18. The molecule has 0 N–H and O–H groups in total. The molecule has 0 unspecified atom stereocenters. The van der Waals surface area contributed by atoms with Crippen molar-refractivity contribution in [3.05, 3.63) is 29.3 Å². The van der Waals surface area contributed by atoms with E-state index in [-0.39, 0.29) is 14.1 Å². The number of hydrogen-bond acceptors (Lipinski definition) is 0. The molecule has 1 aromatic rings. The highest BCUT2D eigenvalue weighted by Gasteiger charge is 1.91. The van der Waals surface area contributed by atoms with Gasteiger partial charge < -0.3 is 0 Å². The smallest absolute Gasteiger partial charge is 0.0406 e. The molecule has 0 aliphatic carbocycles. The Balaban J connectivity index is -0.000000270.